The van der Waals surface area contributed by atoms with Gasteiger partial charge in [-0.1, -0.05) is 5.92 Å². The maximum Gasteiger partial charge on any atom is 0.345 e. The first-order chi connectivity index (χ1) is 5.16. The van der Waals surface area contributed by atoms with Gasteiger partial charge in [-0.05, 0) is 6.92 Å². The Morgan fingerprint density at radius 2 is 2.36 bits per heavy atom. The van der Waals surface area contributed by atoms with E-state index in [0.717, 1.165) is 11.7 Å². The zero-order chi connectivity index (χ0) is 8.43. The molecule has 1 atom stereocenters. The molecular formula is C8H11N2O+. The van der Waals surface area contributed by atoms with Crippen molar-refractivity contribution >= 4 is 0 Å². The molecule has 0 amide bonds. The summed E-state index contributed by atoms with van der Waals surface area (Å²) in [6, 6.07) is 0. The summed E-state index contributed by atoms with van der Waals surface area (Å²) in [6.07, 6.45) is 5.23. The Bertz CT molecular complexity index is 296. The molecular weight excluding hydrogens is 140 g/mol. The Labute approximate surface area is 66.0 Å². The fourth-order valence-electron chi connectivity index (χ4n) is 0.836. The van der Waals surface area contributed by atoms with Crippen molar-refractivity contribution in [1.29, 1.82) is 0 Å². The Hall–Kier alpha value is -1.30. The highest BCUT2D eigenvalue weighted by atomic mass is 16.5. The average molecular weight is 151 g/mol. The first-order valence-electron chi connectivity index (χ1n) is 3.45. The first-order valence-corrected chi connectivity index (χ1v) is 3.45. The van der Waals surface area contributed by atoms with E-state index in [0.29, 0.717) is 0 Å². The van der Waals surface area contributed by atoms with Gasteiger partial charge in [-0.2, -0.15) is 4.57 Å². The SMILES string of the molecule is C#CC(C)c1onc(C)[n+]1C. The van der Waals surface area contributed by atoms with E-state index in [2.05, 4.69) is 11.1 Å². The molecule has 0 aliphatic rings. The standard InChI is InChI=1S/C8H11N2O/c1-5-6(2)8-10(4)7(3)9-11-8/h1,6H,2-4H3/q+1. The lowest BCUT2D eigenvalue weighted by atomic mass is 10.2. The van der Waals surface area contributed by atoms with Gasteiger partial charge in [0, 0.05) is 6.92 Å². The molecule has 0 aliphatic carbocycles. The predicted octanol–water partition coefficient (Wildman–Crippen LogP) is 0.544. The topological polar surface area (TPSA) is 29.9 Å². The molecule has 0 fully saturated rings. The van der Waals surface area contributed by atoms with Crippen molar-refractivity contribution in [3.63, 3.8) is 0 Å². The smallest absolute Gasteiger partial charge is 0.217 e. The van der Waals surface area contributed by atoms with Crippen LogP contribution in [0.4, 0.5) is 0 Å². The third kappa shape index (κ3) is 1.25. The second-order valence-electron chi connectivity index (χ2n) is 2.52. The second kappa shape index (κ2) is 2.75. The quantitative estimate of drug-likeness (QED) is 0.433. The zero-order valence-corrected chi connectivity index (χ0v) is 6.96. The molecule has 0 saturated heterocycles. The number of nitrogens with zero attached hydrogens (tertiary/aromatic N) is 2. The second-order valence-corrected chi connectivity index (χ2v) is 2.52. The van der Waals surface area contributed by atoms with Crippen LogP contribution in [-0.2, 0) is 7.05 Å². The van der Waals surface area contributed by atoms with E-state index in [9.17, 15) is 0 Å². The Balaban J connectivity index is 3.07. The van der Waals surface area contributed by atoms with E-state index in [4.69, 9.17) is 10.9 Å². The average Bonchev–Trinajstić information content (AvgIpc) is 2.32. The van der Waals surface area contributed by atoms with Crippen LogP contribution in [0.2, 0.25) is 0 Å². The molecule has 0 saturated carbocycles. The Morgan fingerprint density at radius 3 is 2.73 bits per heavy atom. The molecule has 0 aromatic carbocycles. The van der Waals surface area contributed by atoms with Gasteiger partial charge >= 0.3 is 11.7 Å². The molecule has 0 spiro atoms. The minimum atomic E-state index is -0.0128. The molecule has 0 N–H and O–H groups in total. The lowest BCUT2D eigenvalue weighted by molar-refractivity contribution is -0.689. The number of terminal acetylenes is 1. The fourth-order valence-corrected chi connectivity index (χ4v) is 0.836. The minimum Gasteiger partial charge on any atom is -0.217 e. The third-order valence-electron chi connectivity index (χ3n) is 1.71. The summed E-state index contributed by atoms with van der Waals surface area (Å²) in [7, 11) is 1.88. The van der Waals surface area contributed by atoms with Crippen molar-refractivity contribution in [2.75, 3.05) is 0 Å². The van der Waals surface area contributed by atoms with E-state index in [1.54, 1.807) is 0 Å². The molecule has 1 heterocycles. The molecule has 0 aliphatic heterocycles. The largest absolute Gasteiger partial charge is 0.345 e. The van der Waals surface area contributed by atoms with Gasteiger partial charge in [0.25, 0.3) is 0 Å². The van der Waals surface area contributed by atoms with Crippen LogP contribution in [0.15, 0.2) is 4.52 Å². The lowest BCUT2D eigenvalue weighted by Gasteiger charge is -1.93. The highest BCUT2D eigenvalue weighted by Gasteiger charge is 2.20. The van der Waals surface area contributed by atoms with E-state index in [-0.39, 0.29) is 5.92 Å². The van der Waals surface area contributed by atoms with Crippen LogP contribution in [0.25, 0.3) is 0 Å². The molecule has 1 rings (SSSR count). The summed E-state index contributed by atoms with van der Waals surface area (Å²) < 4.78 is 6.87. The molecule has 0 radical (unpaired) electrons. The van der Waals surface area contributed by atoms with Crippen LogP contribution in [0, 0.1) is 19.3 Å². The molecule has 3 heteroatoms. The number of hydrogen-bond acceptors (Lipinski definition) is 2. The molecule has 58 valence electrons. The highest BCUT2D eigenvalue weighted by molar-refractivity contribution is 5.03. The summed E-state index contributed by atoms with van der Waals surface area (Å²) in [5.74, 6) is 4.13. The van der Waals surface area contributed by atoms with Gasteiger partial charge in [-0.3, -0.25) is 0 Å². The molecule has 1 aromatic rings. The Kier molecular flexibility index (Phi) is 1.95. The van der Waals surface area contributed by atoms with Crippen molar-refractivity contribution in [1.82, 2.24) is 5.16 Å². The molecule has 1 unspecified atom stereocenters. The van der Waals surface area contributed by atoms with E-state index in [1.807, 2.05) is 25.5 Å². The number of aromatic nitrogens is 2. The molecule has 11 heavy (non-hydrogen) atoms. The zero-order valence-electron chi connectivity index (χ0n) is 6.96. The van der Waals surface area contributed by atoms with E-state index in [1.165, 1.54) is 0 Å². The van der Waals surface area contributed by atoms with Crippen molar-refractivity contribution < 1.29 is 9.09 Å². The number of hydrogen-bond donors (Lipinski definition) is 0. The third-order valence-corrected chi connectivity index (χ3v) is 1.71. The van der Waals surface area contributed by atoms with Crippen molar-refractivity contribution in [3.8, 4) is 12.3 Å². The molecule has 3 nitrogen and oxygen atoms in total. The van der Waals surface area contributed by atoms with E-state index < -0.39 is 0 Å². The summed E-state index contributed by atoms with van der Waals surface area (Å²) in [6.45, 7) is 3.77. The van der Waals surface area contributed by atoms with Gasteiger partial charge in [0.15, 0.2) is 5.16 Å². The summed E-state index contributed by atoms with van der Waals surface area (Å²) in [5.41, 5.74) is 0. The van der Waals surface area contributed by atoms with Gasteiger partial charge in [0.2, 0.25) is 0 Å². The number of rotatable bonds is 1. The van der Waals surface area contributed by atoms with Crippen LogP contribution in [0.3, 0.4) is 0 Å². The van der Waals surface area contributed by atoms with Crippen LogP contribution >= 0.6 is 0 Å². The minimum absolute atomic E-state index is 0.0128. The lowest BCUT2D eigenvalue weighted by Crippen LogP contribution is -2.34. The van der Waals surface area contributed by atoms with Crippen LogP contribution < -0.4 is 4.57 Å². The van der Waals surface area contributed by atoms with E-state index >= 15 is 0 Å². The van der Waals surface area contributed by atoms with Gasteiger partial charge in [0.05, 0.1) is 7.05 Å². The van der Waals surface area contributed by atoms with Gasteiger partial charge < -0.3 is 0 Å². The fraction of sp³-hybridized carbons (Fsp3) is 0.500. The van der Waals surface area contributed by atoms with Gasteiger partial charge in [-0.15, -0.1) is 6.42 Å². The van der Waals surface area contributed by atoms with Crippen LogP contribution in [-0.4, -0.2) is 5.16 Å². The maximum atomic E-state index is 5.23. The predicted molar refractivity (Wildman–Crippen MR) is 39.7 cm³/mol. The summed E-state index contributed by atoms with van der Waals surface area (Å²) in [5, 5.41) is 3.78. The summed E-state index contributed by atoms with van der Waals surface area (Å²) >= 11 is 0. The number of aryl methyl sites for hydroxylation is 1. The Morgan fingerprint density at radius 1 is 1.73 bits per heavy atom. The molecule has 1 aromatic heterocycles. The van der Waals surface area contributed by atoms with Crippen LogP contribution in [0.1, 0.15) is 24.6 Å². The molecule has 0 bridgehead atoms. The summed E-state index contributed by atoms with van der Waals surface area (Å²) in [4.78, 5) is 0. The first kappa shape index (κ1) is 7.80. The highest BCUT2D eigenvalue weighted by Crippen LogP contribution is 2.07. The van der Waals surface area contributed by atoms with Crippen molar-refractivity contribution in [3.05, 3.63) is 11.7 Å². The van der Waals surface area contributed by atoms with Gasteiger partial charge in [-0.25, -0.2) is 4.52 Å². The van der Waals surface area contributed by atoms with Crippen molar-refractivity contribution in [2.45, 2.75) is 19.8 Å². The van der Waals surface area contributed by atoms with Crippen LogP contribution in [0.5, 0.6) is 0 Å². The van der Waals surface area contributed by atoms with Gasteiger partial charge in [0.1, 0.15) is 5.92 Å². The monoisotopic (exact) mass is 151 g/mol. The maximum absolute atomic E-state index is 5.23. The van der Waals surface area contributed by atoms with Crippen molar-refractivity contribution in [2.24, 2.45) is 7.05 Å². The normalized spacial score (nSPS) is 12.5.